The maximum atomic E-state index is 2.42. The molecule has 21 heavy (non-hydrogen) atoms. The van der Waals surface area contributed by atoms with E-state index in [-0.39, 0.29) is 0 Å². The van der Waals surface area contributed by atoms with Gasteiger partial charge in [0.2, 0.25) is 0 Å². The van der Waals surface area contributed by atoms with Gasteiger partial charge in [0, 0.05) is 0 Å². The van der Waals surface area contributed by atoms with Gasteiger partial charge in [0.25, 0.3) is 5.82 Å². The molecule has 0 saturated heterocycles. The summed E-state index contributed by atoms with van der Waals surface area (Å²) < 4.78 is 4.76. The summed E-state index contributed by atoms with van der Waals surface area (Å²) in [6.45, 7) is 6.63. The molecule has 2 nitrogen and oxygen atoms in total. The Labute approximate surface area is 129 Å². The highest BCUT2D eigenvalue weighted by Gasteiger charge is 2.17. The lowest BCUT2D eigenvalue weighted by Crippen LogP contribution is -2.34. The molecule has 0 fully saturated rings. The van der Waals surface area contributed by atoms with Gasteiger partial charge in [0.15, 0.2) is 0 Å². The van der Waals surface area contributed by atoms with Crippen LogP contribution in [-0.4, -0.2) is 4.57 Å². The Kier molecular flexibility index (Phi) is 6.52. The summed E-state index contributed by atoms with van der Waals surface area (Å²) in [5, 5.41) is 0. The van der Waals surface area contributed by atoms with Gasteiger partial charge in [-0.05, 0) is 31.9 Å². The third-order valence-electron chi connectivity index (χ3n) is 4.10. The first kappa shape index (κ1) is 15.8. The van der Waals surface area contributed by atoms with E-state index in [0.29, 0.717) is 0 Å². The van der Waals surface area contributed by atoms with Crippen molar-refractivity contribution in [3.63, 3.8) is 0 Å². The van der Waals surface area contributed by atoms with Crippen LogP contribution in [0.1, 0.15) is 52.4 Å². The maximum absolute atomic E-state index is 2.42. The maximum Gasteiger partial charge on any atom is 0.288 e. The van der Waals surface area contributed by atoms with Crippen LogP contribution in [0, 0.1) is 0 Å². The van der Waals surface area contributed by atoms with Gasteiger partial charge in [-0.2, -0.15) is 0 Å². The first-order valence-corrected chi connectivity index (χ1v) is 8.50. The second kappa shape index (κ2) is 8.66. The molecule has 2 rings (SSSR count). The molecule has 114 valence electrons. The molecule has 0 bridgehead atoms. The van der Waals surface area contributed by atoms with Gasteiger partial charge in [0.05, 0.1) is 18.7 Å². The Balaban J connectivity index is 1.99. The highest BCUT2D eigenvalue weighted by atomic mass is 15.1. The van der Waals surface area contributed by atoms with E-state index in [1.807, 2.05) is 0 Å². The average molecular weight is 285 g/mol. The van der Waals surface area contributed by atoms with E-state index in [2.05, 4.69) is 65.7 Å². The van der Waals surface area contributed by atoms with Crippen molar-refractivity contribution >= 4 is 0 Å². The van der Waals surface area contributed by atoms with E-state index in [4.69, 9.17) is 0 Å². The first-order chi connectivity index (χ1) is 10.4. The zero-order chi connectivity index (χ0) is 14.9. The van der Waals surface area contributed by atoms with Gasteiger partial charge in [-0.25, -0.2) is 9.13 Å². The van der Waals surface area contributed by atoms with Gasteiger partial charge in [-0.1, -0.05) is 50.8 Å². The lowest BCUT2D eigenvalue weighted by molar-refractivity contribution is -0.686. The lowest BCUT2D eigenvalue weighted by atomic mass is 10.1. The zero-order valence-corrected chi connectivity index (χ0v) is 13.6. The molecule has 0 spiro atoms. The molecule has 1 aromatic carbocycles. The predicted molar refractivity (Wildman–Crippen MR) is 89.1 cm³/mol. The van der Waals surface area contributed by atoms with Crippen molar-refractivity contribution in [2.45, 2.75) is 65.5 Å². The number of aryl methyl sites for hydroxylation is 2. The molecular formula is C19H29N2+. The van der Waals surface area contributed by atoms with E-state index >= 15 is 0 Å². The van der Waals surface area contributed by atoms with Crippen LogP contribution in [0.4, 0.5) is 0 Å². The molecule has 0 atom stereocenters. The Morgan fingerprint density at radius 1 is 0.905 bits per heavy atom. The van der Waals surface area contributed by atoms with Crippen molar-refractivity contribution < 1.29 is 4.57 Å². The van der Waals surface area contributed by atoms with Crippen molar-refractivity contribution in [2.24, 2.45) is 0 Å². The normalized spacial score (nSPS) is 11.0. The summed E-state index contributed by atoms with van der Waals surface area (Å²) >= 11 is 0. The lowest BCUT2D eigenvalue weighted by Gasteiger charge is -2.04. The minimum absolute atomic E-state index is 1.02. The Hall–Kier alpha value is -1.57. The third-order valence-corrected chi connectivity index (χ3v) is 4.10. The largest absolute Gasteiger partial charge is 0.288 e. The van der Waals surface area contributed by atoms with Gasteiger partial charge in [0.1, 0.15) is 12.4 Å². The molecule has 0 aliphatic heterocycles. The fraction of sp³-hybridized carbons (Fsp3) is 0.526. The quantitative estimate of drug-likeness (QED) is 0.461. The Morgan fingerprint density at radius 2 is 1.62 bits per heavy atom. The summed E-state index contributed by atoms with van der Waals surface area (Å²) in [6.07, 6.45) is 12.5. The number of hydrogen-bond donors (Lipinski definition) is 0. The summed E-state index contributed by atoms with van der Waals surface area (Å²) in [5.74, 6) is 1.34. The second-order valence-corrected chi connectivity index (χ2v) is 5.73. The highest BCUT2D eigenvalue weighted by molar-refractivity contribution is 5.52. The Bertz CT molecular complexity index is 514. The molecule has 0 radical (unpaired) electrons. The summed E-state index contributed by atoms with van der Waals surface area (Å²) in [4.78, 5) is 0. The van der Waals surface area contributed by atoms with Crippen molar-refractivity contribution in [1.82, 2.24) is 4.57 Å². The van der Waals surface area contributed by atoms with Crippen molar-refractivity contribution in [3.8, 4) is 11.4 Å². The van der Waals surface area contributed by atoms with Crippen LogP contribution in [0.25, 0.3) is 11.4 Å². The number of imidazole rings is 1. The first-order valence-electron chi connectivity index (χ1n) is 8.50. The number of nitrogens with zero attached hydrogens (tertiary/aromatic N) is 2. The fourth-order valence-electron chi connectivity index (χ4n) is 2.88. The minimum atomic E-state index is 1.02. The van der Waals surface area contributed by atoms with Crippen molar-refractivity contribution in [3.05, 3.63) is 42.7 Å². The molecule has 0 aliphatic rings. The van der Waals surface area contributed by atoms with E-state index in [0.717, 1.165) is 13.1 Å². The molecule has 2 heteroatoms. The smallest absolute Gasteiger partial charge is 0.230 e. The number of unbranched alkanes of at least 4 members (excludes halogenated alkanes) is 5. The van der Waals surface area contributed by atoms with Gasteiger partial charge >= 0.3 is 0 Å². The number of aromatic nitrogens is 2. The van der Waals surface area contributed by atoms with Crippen LogP contribution in [-0.2, 0) is 13.1 Å². The number of benzene rings is 1. The second-order valence-electron chi connectivity index (χ2n) is 5.73. The molecule has 0 amide bonds. The standard InChI is InChI=1S/C19H29N2/c1-3-5-6-7-8-12-15-21-17-16-20(4-2)19(21)18-13-10-9-11-14-18/h9-11,13-14,16-17H,3-8,12,15H2,1-2H3/q+1. The molecule has 0 N–H and O–H groups in total. The predicted octanol–water partition coefficient (Wildman–Crippen LogP) is 4.82. The van der Waals surface area contributed by atoms with Gasteiger partial charge < -0.3 is 0 Å². The Morgan fingerprint density at radius 3 is 2.33 bits per heavy atom. The van der Waals surface area contributed by atoms with Crippen LogP contribution >= 0.6 is 0 Å². The van der Waals surface area contributed by atoms with Crippen LogP contribution in [0.15, 0.2) is 42.7 Å². The van der Waals surface area contributed by atoms with Gasteiger partial charge in [-0.15, -0.1) is 0 Å². The molecule has 0 unspecified atom stereocenters. The van der Waals surface area contributed by atoms with Crippen LogP contribution < -0.4 is 4.57 Å². The SMILES string of the molecule is CCCCCCCC[n+]1ccn(CC)c1-c1ccccc1. The van der Waals surface area contributed by atoms with Crippen molar-refractivity contribution in [1.29, 1.82) is 0 Å². The van der Waals surface area contributed by atoms with E-state index in [1.165, 1.54) is 49.9 Å². The van der Waals surface area contributed by atoms with Crippen LogP contribution in [0.2, 0.25) is 0 Å². The monoisotopic (exact) mass is 285 g/mol. The molecule has 1 heterocycles. The van der Waals surface area contributed by atoms with E-state index < -0.39 is 0 Å². The number of rotatable bonds is 9. The van der Waals surface area contributed by atoms with E-state index in [1.54, 1.807) is 0 Å². The third kappa shape index (κ3) is 4.45. The van der Waals surface area contributed by atoms with Gasteiger partial charge in [-0.3, -0.25) is 0 Å². The molecule has 0 saturated carbocycles. The minimum Gasteiger partial charge on any atom is -0.230 e. The van der Waals surface area contributed by atoms with E-state index in [9.17, 15) is 0 Å². The zero-order valence-electron chi connectivity index (χ0n) is 13.6. The average Bonchev–Trinajstić information content (AvgIpc) is 2.94. The van der Waals surface area contributed by atoms with Crippen LogP contribution in [0.5, 0.6) is 0 Å². The van der Waals surface area contributed by atoms with Crippen molar-refractivity contribution in [2.75, 3.05) is 0 Å². The molecule has 0 aliphatic carbocycles. The fourth-order valence-corrected chi connectivity index (χ4v) is 2.88. The summed E-state index contributed by atoms with van der Waals surface area (Å²) in [5.41, 5.74) is 1.32. The highest BCUT2D eigenvalue weighted by Crippen LogP contribution is 2.16. The topological polar surface area (TPSA) is 8.81 Å². The molecule has 2 aromatic rings. The summed E-state index contributed by atoms with van der Waals surface area (Å²) in [6, 6.07) is 10.7. The molecular weight excluding hydrogens is 256 g/mol. The van der Waals surface area contributed by atoms with Crippen LogP contribution in [0.3, 0.4) is 0 Å². The molecule has 1 aromatic heterocycles. The number of hydrogen-bond acceptors (Lipinski definition) is 0. The summed E-state index contributed by atoms with van der Waals surface area (Å²) in [7, 11) is 0.